The van der Waals surface area contributed by atoms with Crippen molar-refractivity contribution in [3.05, 3.63) is 46.2 Å². The van der Waals surface area contributed by atoms with Crippen LogP contribution in [0.2, 0.25) is 5.02 Å². The van der Waals surface area contributed by atoms with Gasteiger partial charge in [0.15, 0.2) is 0 Å². The van der Waals surface area contributed by atoms with E-state index in [0.29, 0.717) is 5.02 Å². The molecule has 0 aliphatic carbocycles. The maximum Gasteiger partial charge on any atom is 0.125 e. The molecule has 1 unspecified atom stereocenters. The topological polar surface area (TPSA) is 65.1 Å². The number of aryl methyl sites for hydroxylation is 2. The molecular weight excluding hydrogens is 288 g/mol. The molecule has 1 heterocycles. The summed E-state index contributed by atoms with van der Waals surface area (Å²) in [4.78, 5) is 0. The smallest absolute Gasteiger partial charge is 0.125 e. The highest BCUT2D eigenvalue weighted by atomic mass is 35.5. The zero-order chi connectivity index (χ0) is 15.4. The molecule has 0 aliphatic rings. The number of ether oxygens (including phenoxy) is 1. The quantitative estimate of drug-likeness (QED) is 0.635. The average molecular weight is 309 g/mol. The van der Waals surface area contributed by atoms with E-state index in [9.17, 15) is 0 Å². The van der Waals surface area contributed by atoms with Gasteiger partial charge in [-0.05, 0) is 24.6 Å². The highest BCUT2D eigenvalue weighted by Crippen LogP contribution is 2.30. The van der Waals surface area contributed by atoms with Crippen molar-refractivity contribution < 1.29 is 4.74 Å². The van der Waals surface area contributed by atoms with Crippen LogP contribution in [0.25, 0.3) is 0 Å². The standard InChI is InChI=1S/C15H21ClN4O/c1-4-11-8-12(20(2)19-11)9-14(18-17)13-6-5-10(16)7-15(13)21-3/h5-8,14,18H,4,9,17H2,1-3H3. The zero-order valence-corrected chi connectivity index (χ0v) is 13.3. The molecule has 3 N–H and O–H groups in total. The molecule has 0 spiro atoms. The molecule has 0 aliphatic heterocycles. The molecule has 6 heteroatoms. The van der Waals surface area contributed by atoms with E-state index in [1.54, 1.807) is 13.2 Å². The first kappa shape index (κ1) is 15.8. The van der Waals surface area contributed by atoms with Crippen molar-refractivity contribution in [1.82, 2.24) is 15.2 Å². The van der Waals surface area contributed by atoms with E-state index >= 15 is 0 Å². The van der Waals surface area contributed by atoms with Crippen LogP contribution in [0.5, 0.6) is 5.75 Å². The second-order valence-corrected chi connectivity index (χ2v) is 5.35. The van der Waals surface area contributed by atoms with E-state index in [1.807, 2.05) is 23.9 Å². The molecule has 0 saturated carbocycles. The number of rotatable bonds is 6. The van der Waals surface area contributed by atoms with Crippen LogP contribution in [-0.2, 0) is 19.9 Å². The molecule has 2 rings (SSSR count). The van der Waals surface area contributed by atoms with Crippen molar-refractivity contribution in [3.63, 3.8) is 0 Å². The van der Waals surface area contributed by atoms with Gasteiger partial charge in [0, 0.05) is 29.7 Å². The number of hydrazine groups is 1. The molecule has 21 heavy (non-hydrogen) atoms. The van der Waals surface area contributed by atoms with E-state index in [-0.39, 0.29) is 6.04 Å². The number of methoxy groups -OCH3 is 1. The highest BCUT2D eigenvalue weighted by molar-refractivity contribution is 6.30. The third-order valence-corrected chi connectivity index (χ3v) is 3.81. The predicted molar refractivity (Wildman–Crippen MR) is 84.4 cm³/mol. The Morgan fingerprint density at radius 2 is 2.19 bits per heavy atom. The summed E-state index contributed by atoms with van der Waals surface area (Å²) in [6.45, 7) is 2.09. The number of nitrogens with zero attached hydrogens (tertiary/aromatic N) is 2. The lowest BCUT2D eigenvalue weighted by Crippen LogP contribution is -2.30. The van der Waals surface area contributed by atoms with Gasteiger partial charge < -0.3 is 4.74 Å². The van der Waals surface area contributed by atoms with Crippen molar-refractivity contribution in [2.75, 3.05) is 7.11 Å². The molecule has 2 aromatic rings. The number of aromatic nitrogens is 2. The second-order valence-electron chi connectivity index (χ2n) is 4.91. The van der Waals surface area contributed by atoms with E-state index in [1.165, 1.54) is 0 Å². The number of nitrogens with two attached hydrogens (primary N) is 1. The van der Waals surface area contributed by atoms with Crippen molar-refractivity contribution in [3.8, 4) is 5.75 Å². The summed E-state index contributed by atoms with van der Waals surface area (Å²) in [6, 6.07) is 7.60. The first-order valence-electron chi connectivity index (χ1n) is 6.90. The minimum Gasteiger partial charge on any atom is -0.496 e. The van der Waals surface area contributed by atoms with Crippen molar-refractivity contribution in [2.45, 2.75) is 25.8 Å². The van der Waals surface area contributed by atoms with Gasteiger partial charge in [0.1, 0.15) is 5.75 Å². The average Bonchev–Trinajstić information content (AvgIpc) is 2.85. The fraction of sp³-hybridized carbons (Fsp3) is 0.400. The Morgan fingerprint density at radius 3 is 2.76 bits per heavy atom. The van der Waals surface area contributed by atoms with Gasteiger partial charge in [-0.1, -0.05) is 24.6 Å². The Labute approximate surface area is 130 Å². The Kier molecular flexibility index (Phi) is 5.22. The Balaban J connectivity index is 2.29. The molecule has 1 aromatic carbocycles. The van der Waals surface area contributed by atoms with Gasteiger partial charge >= 0.3 is 0 Å². The van der Waals surface area contributed by atoms with Gasteiger partial charge in [0.25, 0.3) is 0 Å². The highest BCUT2D eigenvalue weighted by Gasteiger charge is 2.18. The molecule has 5 nitrogen and oxygen atoms in total. The van der Waals surface area contributed by atoms with Crippen LogP contribution in [0.4, 0.5) is 0 Å². The molecule has 0 bridgehead atoms. The molecule has 1 aromatic heterocycles. The molecule has 114 valence electrons. The summed E-state index contributed by atoms with van der Waals surface area (Å²) in [5.74, 6) is 6.46. The van der Waals surface area contributed by atoms with Crippen molar-refractivity contribution in [2.24, 2.45) is 12.9 Å². The minimum absolute atomic E-state index is 0.0719. The lowest BCUT2D eigenvalue weighted by molar-refractivity contribution is 0.398. The van der Waals surface area contributed by atoms with Gasteiger partial charge in [-0.25, -0.2) is 0 Å². The number of halogens is 1. The third-order valence-electron chi connectivity index (χ3n) is 3.57. The van der Waals surface area contributed by atoms with Crippen LogP contribution in [0.15, 0.2) is 24.3 Å². The maximum absolute atomic E-state index is 6.01. The van der Waals surface area contributed by atoms with Gasteiger partial charge in [-0.2, -0.15) is 5.10 Å². The molecule has 1 atom stereocenters. The lowest BCUT2D eigenvalue weighted by atomic mass is 10.0. The van der Waals surface area contributed by atoms with Crippen LogP contribution in [0, 0.1) is 0 Å². The van der Waals surface area contributed by atoms with E-state index in [4.69, 9.17) is 22.2 Å². The fourth-order valence-electron chi connectivity index (χ4n) is 2.38. The Bertz CT molecular complexity index is 612. The first-order valence-corrected chi connectivity index (χ1v) is 7.28. The minimum atomic E-state index is -0.0719. The van der Waals surface area contributed by atoms with Crippen LogP contribution in [0.1, 0.15) is 29.9 Å². The Hall–Kier alpha value is -1.56. The fourth-order valence-corrected chi connectivity index (χ4v) is 2.54. The lowest BCUT2D eigenvalue weighted by Gasteiger charge is -2.19. The number of benzene rings is 1. The second kappa shape index (κ2) is 6.93. The van der Waals surface area contributed by atoms with Gasteiger partial charge in [-0.15, -0.1) is 0 Å². The summed E-state index contributed by atoms with van der Waals surface area (Å²) in [5.41, 5.74) is 6.02. The molecule has 0 saturated heterocycles. The molecule has 0 amide bonds. The van der Waals surface area contributed by atoms with Crippen molar-refractivity contribution >= 4 is 11.6 Å². The SMILES string of the molecule is CCc1cc(CC(NN)c2ccc(Cl)cc2OC)n(C)n1. The molecular formula is C15H21ClN4O. The normalized spacial score (nSPS) is 12.4. The van der Waals surface area contributed by atoms with E-state index in [2.05, 4.69) is 23.5 Å². The van der Waals surface area contributed by atoms with Gasteiger partial charge in [0.05, 0.1) is 18.8 Å². The third kappa shape index (κ3) is 3.56. The van der Waals surface area contributed by atoms with Crippen LogP contribution in [-0.4, -0.2) is 16.9 Å². The van der Waals surface area contributed by atoms with Crippen molar-refractivity contribution in [1.29, 1.82) is 0 Å². The Morgan fingerprint density at radius 1 is 1.43 bits per heavy atom. The van der Waals surface area contributed by atoms with Gasteiger partial charge in [-0.3, -0.25) is 16.0 Å². The van der Waals surface area contributed by atoms with E-state index < -0.39 is 0 Å². The largest absolute Gasteiger partial charge is 0.496 e. The summed E-state index contributed by atoms with van der Waals surface area (Å²) < 4.78 is 7.30. The van der Waals surface area contributed by atoms with E-state index in [0.717, 1.165) is 35.5 Å². The molecule has 0 fully saturated rings. The number of nitrogens with one attached hydrogen (secondary N) is 1. The van der Waals surface area contributed by atoms with Crippen LogP contribution < -0.4 is 16.0 Å². The monoisotopic (exact) mass is 308 g/mol. The summed E-state index contributed by atoms with van der Waals surface area (Å²) in [6.07, 6.45) is 1.64. The zero-order valence-electron chi connectivity index (χ0n) is 12.6. The van der Waals surface area contributed by atoms with Gasteiger partial charge in [0.2, 0.25) is 0 Å². The predicted octanol–water partition coefficient (Wildman–Crippen LogP) is 2.39. The number of hydrogen-bond donors (Lipinski definition) is 2. The summed E-state index contributed by atoms with van der Waals surface area (Å²) in [7, 11) is 3.57. The summed E-state index contributed by atoms with van der Waals surface area (Å²) in [5, 5.41) is 5.10. The number of hydrogen-bond acceptors (Lipinski definition) is 4. The summed E-state index contributed by atoms with van der Waals surface area (Å²) >= 11 is 6.01. The maximum atomic E-state index is 6.01. The van der Waals surface area contributed by atoms with Crippen LogP contribution in [0.3, 0.4) is 0 Å². The van der Waals surface area contributed by atoms with Crippen LogP contribution >= 0.6 is 11.6 Å². The molecule has 0 radical (unpaired) electrons. The first-order chi connectivity index (χ1) is 10.1.